The minimum absolute atomic E-state index is 0.0766. The average Bonchev–Trinajstić information content (AvgIpc) is 2.40. The highest BCUT2D eigenvalue weighted by molar-refractivity contribution is 9.10. The molecule has 4 nitrogen and oxygen atoms in total. The lowest BCUT2D eigenvalue weighted by atomic mass is 10.2. The fourth-order valence-electron chi connectivity index (χ4n) is 1.85. The predicted octanol–water partition coefficient (Wildman–Crippen LogP) is 3.59. The normalized spacial score (nSPS) is 11.4. The van der Waals surface area contributed by atoms with E-state index in [9.17, 15) is 12.8 Å². The second-order valence-corrected chi connectivity index (χ2v) is 7.16. The minimum Gasteiger partial charge on any atom is -0.396 e. The number of anilines is 2. The van der Waals surface area contributed by atoms with Gasteiger partial charge in [-0.1, -0.05) is 12.1 Å². The molecule has 2 aromatic rings. The van der Waals surface area contributed by atoms with E-state index in [1.54, 1.807) is 12.1 Å². The van der Waals surface area contributed by atoms with Gasteiger partial charge in [0.15, 0.2) is 0 Å². The van der Waals surface area contributed by atoms with E-state index >= 15 is 0 Å². The molecule has 0 saturated carbocycles. The average molecular weight is 373 g/mol. The zero-order valence-electron chi connectivity index (χ0n) is 11.4. The van der Waals surface area contributed by atoms with Crippen molar-refractivity contribution in [1.82, 2.24) is 0 Å². The standard InChI is InChI=1S/C14H14BrFN2O2S/c1-8-4-3-5-12(13(8)15)18-21(19,20)10-6-9(2)14(16)11(17)7-10/h3-7,18H,17H2,1-2H3. The molecule has 7 heteroatoms. The molecule has 0 aromatic heterocycles. The van der Waals surface area contributed by atoms with Crippen LogP contribution in [0.4, 0.5) is 15.8 Å². The number of aryl methyl sites for hydroxylation is 2. The van der Waals surface area contributed by atoms with Crippen LogP contribution in [0.5, 0.6) is 0 Å². The highest BCUT2D eigenvalue weighted by atomic mass is 79.9. The summed E-state index contributed by atoms with van der Waals surface area (Å²) >= 11 is 3.33. The highest BCUT2D eigenvalue weighted by Crippen LogP contribution is 2.29. The van der Waals surface area contributed by atoms with Gasteiger partial charge in [-0.3, -0.25) is 4.72 Å². The van der Waals surface area contributed by atoms with Gasteiger partial charge < -0.3 is 5.73 Å². The number of nitrogen functional groups attached to an aromatic ring is 1. The van der Waals surface area contributed by atoms with Crippen molar-refractivity contribution in [2.45, 2.75) is 18.7 Å². The lowest BCUT2D eigenvalue weighted by molar-refractivity contribution is 0.599. The van der Waals surface area contributed by atoms with Crippen molar-refractivity contribution in [3.8, 4) is 0 Å². The third-order valence-electron chi connectivity index (χ3n) is 3.00. The Hall–Kier alpha value is -1.60. The van der Waals surface area contributed by atoms with E-state index in [2.05, 4.69) is 20.7 Å². The van der Waals surface area contributed by atoms with Gasteiger partial charge in [-0.05, 0) is 59.1 Å². The molecule has 0 aliphatic rings. The molecule has 0 spiro atoms. The molecular formula is C14H14BrFN2O2S. The number of halogens is 2. The maximum Gasteiger partial charge on any atom is 0.262 e. The van der Waals surface area contributed by atoms with E-state index < -0.39 is 15.8 Å². The molecule has 0 aliphatic heterocycles. The first-order valence-corrected chi connectivity index (χ1v) is 8.33. The van der Waals surface area contributed by atoms with Crippen LogP contribution in [-0.4, -0.2) is 8.42 Å². The molecule has 0 radical (unpaired) electrons. The van der Waals surface area contributed by atoms with Gasteiger partial charge in [0, 0.05) is 4.47 Å². The molecule has 0 bridgehead atoms. The topological polar surface area (TPSA) is 72.2 Å². The minimum atomic E-state index is -3.84. The van der Waals surface area contributed by atoms with Gasteiger partial charge in [0.05, 0.1) is 16.3 Å². The van der Waals surface area contributed by atoms with Crippen LogP contribution >= 0.6 is 15.9 Å². The van der Waals surface area contributed by atoms with Crippen LogP contribution in [0.1, 0.15) is 11.1 Å². The maximum absolute atomic E-state index is 13.5. The van der Waals surface area contributed by atoms with Crippen LogP contribution in [-0.2, 0) is 10.0 Å². The van der Waals surface area contributed by atoms with E-state index in [1.807, 2.05) is 13.0 Å². The molecule has 0 saturated heterocycles. The smallest absolute Gasteiger partial charge is 0.262 e. The Bertz CT molecular complexity index is 784. The highest BCUT2D eigenvalue weighted by Gasteiger charge is 2.19. The van der Waals surface area contributed by atoms with Crippen LogP contribution in [0.15, 0.2) is 39.7 Å². The second kappa shape index (κ2) is 5.65. The molecule has 0 atom stereocenters. The fourth-order valence-corrected chi connectivity index (χ4v) is 3.53. The van der Waals surface area contributed by atoms with E-state index in [0.29, 0.717) is 10.2 Å². The Morgan fingerprint density at radius 1 is 1.19 bits per heavy atom. The lowest BCUT2D eigenvalue weighted by Crippen LogP contribution is -2.14. The van der Waals surface area contributed by atoms with Gasteiger partial charge in [0.2, 0.25) is 0 Å². The number of nitrogens with one attached hydrogen (secondary N) is 1. The molecule has 0 aliphatic carbocycles. The molecule has 0 unspecified atom stereocenters. The summed E-state index contributed by atoms with van der Waals surface area (Å²) in [4.78, 5) is -0.0766. The van der Waals surface area contributed by atoms with Gasteiger partial charge in [0.1, 0.15) is 5.82 Å². The summed E-state index contributed by atoms with van der Waals surface area (Å²) in [6.45, 7) is 3.31. The molecule has 0 fully saturated rings. The maximum atomic E-state index is 13.5. The van der Waals surface area contributed by atoms with Gasteiger partial charge in [0.25, 0.3) is 10.0 Å². The summed E-state index contributed by atoms with van der Waals surface area (Å²) in [7, 11) is -3.84. The van der Waals surface area contributed by atoms with Crippen molar-refractivity contribution < 1.29 is 12.8 Å². The van der Waals surface area contributed by atoms with E-state index in [1.165, 1.54) is 13.0 Å². The van der Waals surface area contributed by atoms with Crippen molar-refractivity contribution in [2.75, 3.05) is 10.5 Å². The zero-order valence-corrected chi connectivity index (χ0v) is 13.8. The molecule has 0 heterocycles. The third kappa shape index (κ3) is 3.19. The van der Waals surface area contributed by atoms with Gasteiger partial charge >= 0.3 is 0 Å². The molecule has 21 heavy (non-hydrogen) atoms. The number of hydrogen-bond acceptors (Lipinski definition) is 3. The Kier molecular flexibility index (Phi) is 4.25. The van der Waals surface area contributed by atoms with Crippen molar-refractivity contribution in [3.63, 3.8) is 0 Å². The summed E-state index contributed by atoms with van der Waals surface area (Å²) in [5.41, 5.74) is 6.78. The third-order valence-corrected chi connectivity index (χ3v) is 5.40. The van der Waals surface area contributed by atoms with Crippen LogP contribution < -0.4 is 10.5 Å². The van der Waals surface area contributed by atoms with Crippen molar-refractivity contribution in [1.29, 1.82) is 0 Å². The monoisotopic (exact) mass is 372 g/mol. The summed E-state index contributed by atoms with van der Waals surface area (Å²) in [5.74, 6) is -0.606. The number of hydrogen-bond donors (Lipinski definition) is 2. The fraction of sp³-hybridized carbons (Fsp3) is 0.143. The summed E-state index contributed by atoms with van der Waals surface area (Å²) < 4.78 is 41.4. The first-order chi connectivity index (χ1) is 9.72. The molecule has 3 N–H and O–H groups in total. The quantitative estimate of drug-likeness (QED) is 0.808. The van der Waals surface area contributed by atoms with E-state index in [0.717, 1.165) is 11.6 Å². The van der Waals surface area contributed by atoms with Gasteiger partial charge in [-0.25, -0.2) is 12.8 Å². The number of benzene rings is 2. The van der Waals surface area contributed by atoms with Crippen LogP contribution in [0, 0.1) is 19.7 Å². The molecule has 112 valence electrons. The Balaban J connectivity index is 2.46. The molecular weight excluding hydrogens is 359 g/mol. The second-order valence-electron chi connectivity index (χ2n) is 4.69. The lowest BCUT2D eigenvalue weighted by Gasteiger charge is -2.12. The summed E-state index contributed by atoms with van der Waals surface area (Å²) in [6, 6.07) is 7.57. The number of rotatable bonds is 3. The molecule has 0 amide bonds. The van der Waals surface area contributed by atoms with E-state index in [-0.39, 0.29) is 16.1 Å². The predicted molar refractivity (Wildman–Crippen MR) is 85.2 cm³/mol. The first-order valence-electron chi connectivity index (χ1n) is 6.06. The van der Waals surface area contributed by atoms with Crippen LogP contribution in [0.25, 0.3) is 0 Å². The van der Waals surface area contributed by atoms with Gasteiger partial charge in [-0.15, -0.1) is 0 Å². The Labute approximate surface area is 131 Å². The van der Waals surface area contributed by atoms with Crippen LogP contribution in [0.3, 0.4) is 0 Å². The van der Waals surface area contributed by atoms with Gasteiger partial charge in [-0.2, -0.15) is 0 Å². The number of nitrogens with two attached hydrogens (primary N) is 1. The van der Waals surface area contributed by atoms with Crippen LogP contribution in [0.2, 0.25) is 0 Å². The largest absolute Gasteiger partial charge is 0.396 e. The summed E-state index contributed by atoms with van der Waals surface area (Å²) in [6.07, 6.45) is 0. The summed E-state index contributed by atoms with van der Waals surface area (Å²) in [5, 5.41) is 0. The van der Waals surface area contributed by atoms with Crippen molar-refractivity contribution >= 4 is 37.3 Å². The molecule has 2 rings (SSSR count). The SMILES string of the molecule is Cc1cc(S(=O)(=O)Nc2cccc(C)c2Br)cc(N)c1F. The number of sulfonamides is 1. The van der Waals surface area contributed by atoms with Crippen molar-refractivity contribution in [3.05, 3.63) is 51.7 Å². The zero-order chi connectivity index (χ0) is 15.8. The Morgan fingerprint density at radius 3 is 2.48 bits per heavy atom. The first kappa shape index (κ1) is 15.8. The van der Waals surface area contributed by atoms with E-state index in [4.69, 9.17) is 5.73 Å². The molecule has 2 aromatic carbocycles. The Morgan fingerprint density at radius 2 is 1.86 bits per heavy atom. The van der Waals surface area contributed by atoms with Crippen molar-refractivity contribution in [2.24, 2.45) is 0 Å².